The molecule has 3 aliphatic carbocycles. The second-order valence-corrected chi connectivity index (χ2v) is 8.02. The lowest BCUT2D eigenvalue weighted by Gasteiger charge is -2.19. The first-order valence-corrected chi connectivity index (χ1v) is 8.26. The molecule has 0 aliphatic heterocycles. The summed E-state index contributed by atoms with van der Waals surface area (Å²) in [6.07, 6.45) is 4.62. The molecule has 1 heterocycles. The molecule has 5 atom stereocenters. The highest BCUT2D eigenvalue weighted by Crippen LogP contribution is 2.72. The maximum Gasteiger partial charge on any atom is 0.0449 e. The average Bonchev–Trinajstić information content (AvgIpc) is 2.68. The summed E-state index contributed by atoms with van der Waals surface area (Å²) < 4.78 is 0. The summed E-state index contributed by atoms with van der Waals surface area (Å²) in [6, 6.07) is 3.00. The van der Waals surface area contributed by atoms with Gasteiger partial charge in [0.1, 0.15) is 0 Å². The molecule has 3 saturated carbocycles. The summed E-state index contributed by atoms with van der Waals surface area (Å²) in [5.74, 6) is 5.27. The third kappa shape index (κ3) is 1.42. The Bertz CT molecular complexity index is 461. The number of hydrogen-bond donors (Lipinski definition) is 1. The van der Waals surface area contributed by atoms with Gasteiger partial charge in [-0.15, -0.1) is 11.3 Å². The highest BCUT2D eigenvalue weighted by Gasteiger charge is 2.66. The van der Waals surface area contributed by atoms with Gasteiger partial charge in [0, 0.05) is 15.8 Å². The minimum absolute atomic E-state index is 0.641. The maximum atomic E-state index is 3.64. The standard InChI is InChI=1S/C16H23NS/c1-8-6-9(2)18-16(8)15(17-3)14-12-10-4-5-11(7-10)13(12)14/h6,10-15,17H,4-5,7H2,1-3H3. The molecule has 0 amide bonds. The first kappa shape index (κ1) is 11.5. The van der Waals surface area contributed by atoms with Gasteiger partial charge in [-0.25, -0.2) is 0 Å². The van der Waals surface area contributed by atoms with Crippen LogP contribution >= 0.6 is 11.3 Å². The second kappa shape index (κ2) is 3.83. The fourth-order valence-corrected chi connectivity index (χ4v) is 6.51. The monoisotopic (exact) mass is 261 g/mol. The van der Waals surface area contributed by atoms with Gasteiger partial charge in [-0.05, 0) is 81.4 Å². The van der Waals surface area contributed by atoms with Gasteiger partial charge in [0.2, 0.25) is 0 Å². The van der Waals surface area contributed by atoms with Gasteiger partial charge in [-0.3, -0.25) is 0 Å². The quantitative estimate of drug-likeness (QED) is 0.869. The molecule has 3 fully saturated rings. The molecule has 98 valence electrons. The lowest BCUT2D eigenvalue weighted by atomic mass is 9.95. The number of thiophene rings is 1. The average molecular weight is 261 g/mol. The predicted octanol–water partition coefficient (Wildman–Crippen LogP) is 3.92. The Hall–Kier alpha value is -0.340. The lowest BCUT2D eigenvalue weighted by Crippen LogP contribution is -2.21. The van der Waals surface area contributed by atoms with Crippen LogP contribution in [-0.2, 0) is 0 Å². The van der Waals surface area contributed by atoms with Crippen LogP contribution in [0.25, 0.3) is 0 Å². The fourth-order valence-electron chi connectivity index (χ4n) is 5.30. The van der Waals surface area contributed by atoms with E-state index in [1.807, 2.05) is 11.3 Å². The van der Waals surface area contributed by atoms with Gasteiger partial charge < -0.3 is 5.32 Å². The van der Waals surface area contributed by atoms with Crippen molar-refractivity contribution in [3.63, 3.8) is 0 Å². The number of fused-ring (bicyclic) bond motifs is 5. The Morgan fingerprint density at radius 1 is 1.22 bits per heavy atom. The molecule has 2 bridgehead atoms. The normalized spacial score (nSPS) is 42.1. The van der Waals surface area contributed by atoms with Gasteiger partial charge in [0.15, 0.2) is 0 Å². The molecular weight excluding hydrogens is 238 g/mol. The van der Waals surface area contributed by atoms with Crippen molar-refractivity contribution < 1.29 is 0 Å². The first-order chi connectivity index (χ1) is 8.70. The molecule has 5 unspecified atom stereocenters. The van der Waals surface area contributed by atoms with E-state index in [9.17, 15) is 0 Å². The third-order valence-electron chi connectivity index (χ3n) is 5.85. The van der Waals surface area contributed by atoms with E-state index < -0.39 is 0 Å². The third-order valence-corrected chi connectivity index (χ3v) is 7.09. The van der Waals surface area contributed by atoms with E-state index in [1.165, 1.54) is 23.3 Å². The van der Waals surface area contributed by atoms with Crippen LogP contribution < -0.4 is 5.32 Å². The Morgan fingerprint density at radius 3 is 2.39 bits per heavy atom. The minimum atomic E-state index is 0.641. The van der Waals surface area contributed by atoms with Crippen LogP contribution in [0, 0.1) is 43.4 Å². The van der Waals surface area contributed by atoms with Crippen LogP contribution in [0.15, 0.2) is 6.07 Å². The van der Waals surface area contributed by atoms with Crippen LogP contribution in [0.4, 0.5) is 0 Å². The Kier molecular flexibility index (Phi) is 2.44. The molecule has 4 rings (SSSR count). The van der Waals surface area contributed by atoms with E-state index in [1.54, 1.807) is 11.3 Å². The Labute approximate surface area is 114 Å². The molecule has 0 spiro atoms. The van der Waals surface area contributed by atoms with E-state index in [0.29, 0.717) is 6.04 Å². The number of aryl methyl sites for hydroxylation is 2. The fraction of sp³-hybridized carbons (Fsp3) is 0.750. The van der Waals surface area contributed by atoms with E-state index >= 15 is 0 Å². The van der Waals surface area contributed by atoms with E-state index in [-0.39, 0.29) is 0 Å². The van der Waals surface area contributed by atoms with Crippen LogP contribution in [0.1, 0.15) is 40.6 Å². The van der Waals surface area contributed by atoms with Crippen molar-refractivity contribution in [2.75, 3.05) is 7.05 Å². The topological polar surface area (TPSA) is 12.0 Å². The minimum Gasteiger partial charge on any atom is -0.312 e. The highest BCUT2D eigenvalue weighted by molar-refractivity contribution is 7.12. The zero-order chi connectivity index (χ0) is 12.4. The van der Waals surface area contributed by atoms with Crippen LogP contribution in [0.2, 0.25) is 0 Å². The lowest BCUT2D eigenvalue weighted by molar-refractivity contribution is 0.388. The van der Waals surface area contributed by atoms with Crippen molar-refractivity contribution in [2.24, 2.45) is 29.6 Å². The van der Waals surface area contributed by atoms with Crippen molar-refractivity contribution in [3.8, 4) is 0 Å². The van der Waals surface area contributed by atoms with Crippen molar-refractivity contribution >= 4 is 11.3 Å². The summed E-state index contributed by atoms with van der Waals surface area (Å²) >= 11 is 2.01. The number of nitrogens with one attached hydrogen (secondary N) is 1. The summed E-state index contributed by atoms with van der Waals surface area (Å²) in [6.45, 7) is 4.53. The van der Waals surface area contributed by atoms with Gasteiger partial charge >= 0.3 is 0 Å². The van der Waals surface area contributed by atoms with Crippen LogP contribution in [0.3, 0.4) is 0 Å². The predicted molar refractivity (Wildman–Crippen MR) is 76.9 cm³/mol. The van der Waals surface area contributed by atoms with Gasteiger partial charge in [-0.1, -0.05) is 0 Å². The molecule has 0 radical (unpaired) electrons. The molecule has 0 aromatic carbocycles. The SMILES string of the molecule is CNC(c1sc(C)cc1C)C1C2C3CCC(C3)C21. The second-order valence-electron chi connectivity index (χ2n) is 6.74. The van der Waals surface area contributed by atoms with Crippen molar-refractivity contribution in [2.45, 2.75) is 39.2 Å². The van der Waals surface area contributed by atoms with Gasteiger partial charge in [-0.2, -0.15) is 0 Å². The van der Waals surface area contributed by atoms with Crippen LogP contribution in [-0.4, -0.2) is 7.05 Å². The molecule has 0 saturated heterocycles. The van der Waals surface area contributed by atoms with Crippen molar-refractivity contribution in [1.29, 1.82) is 0 Å². The summed E-state index contributed by atoms with van der Waals surface area (Å²) in [5, 5.41) is 3.64. The molecular formula is C16H23NS. The number of rotatable bonds is 3. The highest BCUT2D eigenvalue weighted by atomic mass is 32.1. The van der Waals surface area contributed by atoms with Crippen molar-refractivity contribution in [1.82, 2.24) is 5.32 Å². The van der Waals surface area contributed by atoms with E-state index in [0.717, 1.165) is 29.6 Å². The zero-order valence-corrected chi connectivity index (χ0v) is 12.4. The smallest absolute Gasteiger partial charge is 0.0449 e. The van der Waals surface area contributed by atoms with E-state index in [2.05, 4.69) is 32.3 Å². The number of hydrogen-bond acceptors (Lipinski definition) is 2. The summed E-state index contributed by atoms with van der Waals surface area (Å²) in [5.41, 5.74) is 1.51. The Morgan fingerprint density at radius 2 is 1.89 bits per heavy atom. The molecule has 1 nitrogen and oxygen atoms in total. The first-order valence-electron chi connectivity index (χ1n) is 7.45. The zero-order valence-electron chi connectivity index (χ0n) is 11.6. The Balaban J connectivity index is 1.62. The van der Waals surface area contributed by atoms with Crippen LogP contribution in [0.5, 0.6) is 0 Å². The molecule has 18 heavy (non-hydrogen) atoms. The maximum absolute atomic E-state index is 3.64. The summed E-state index contributed by atoms with van der Waals surface area (Å²) in [4.78, 5) is 3.09. The molecule has 3 aliphatic rings. The molecule has 1 aromatic rings. The molecule has 1 aromatic heterocycles. The molecule has 2 heteroatoms. The van der Waals surface area contributed by atoms with E-state index in [4.69, 9.17) is 0 Å². The summed E-state index contributed by atoms with van der Waals surface area (Å²) in [7, 11) is 2.16. The largest absolute Gasteiger partial charge is 0.312 e. The molecule has 1 N–H and O–H groups in total. The van der Waals surface area contributed by atoms with Crippen molar-refractivity contribution in [3.05, 3.63) is 21.4 Å². The van der Waals surface area contributed by atoms with Gasteiger partial charge in [0.05, 0.1) is 0 Å². The van der Waals surface area contributed by atoms with Gasteiger partial charge in [0.25, 0.3) is 0 Å².